The Hall–Kier alpha value is -1.36. The summed E-state index contributed by atoms with van der Waals surface area (Å²) in [6, 6.07) is 6.09. The predicted octanol–water partition coefficient (Wildman–Crippen LogP) is 3.17. The van der Waals surface area contributed by atoms with Crippen molar-refractivity contribution in [3.05, 3.63) is 23.8 Å². The van der Waals surface area contributed by atoms with Crippen LogP contribution in [0, 0.1) is 5.41 Å². The van der Waals surface area contributed by atoms with Gasteiger partial charge in [0.15, 0.2) is 16.7 Å². The molecule has 1 aromatic rings. The number of benzene rings is 1. The molecule has 1 fully saturated rings. The van der Waals surface area contributed by atoms with E-state index in [1.54, 1.807) is 0 Å². The van der Waals surface area contributed by atoms with Gasteiger partial charge in [0.2, 0.25) is 6.79 Å². The molecule has 1 saturated carbocycles. The normalized spacial score (nSPS) is 22.4. The molecule has 1 spiro atoms. The summed E-state index contributed by atoms with van der Waals surface area (Å²) in [7, 11) is 0. The first-order valence-electron chi connectivity index (χ1n) is 7.63. The zero-order valence-electron chi connectivity index (χ0n) is 12.1. The lowest BCUT2D eigenvalue weighted by Crippen LogP contribution is -2.33. The highest BCUT2D eigenvalue weighted by atomic mass is 32.2. The van der Waals surface area contributed by atoms with Gasteiger partial charge < -0.3 is 14.8 Å². The Kier molecular flexibility index (Phi) is 3.45. The molecule has 0 radical (unpaired) electrons. The molecule has 5 heteroatoms. The van der Waals surface area contributed by atoms with E-state index in [4.69, 9.17) is 14.5 Å². The molecular formula is C16H20N2O2S. The molecule has 0 unspecified atom stereocenters. The van der Waals surface area contributed by atoms with Crippen molar-refractivity contribution < 1.29 is 9.47 Å². The SMILES string of the molecule is c1cc2c(cc1CNC1=NCC3(CCCC3)CS1)OCO2. The smallest absolute Gasteiger partial charge is 0.231 e. The molecule has 1 N–H and O–H groups in total. The monoisotopic (exact) mass is 304 g/mol. The third-order valence-corrected chi connectivity index (χ3v) is 5.92. The molecule has 112 valence electrons. The first-order chi connectivity index (χ1) is 10.3. The molecule has 1 aliphatic carbocycles. The van der Waals surface area contributed by atoms with Gasteiger partial charge in [-0.25, -0.2) is 0 Å². The van der Waals surface area contributed by atoms with Gasteiger partial charge in [-0.2, -0.15) is 0 Å². The van der Waals surface area contributed by atoms with Crippen LogP contribution < -0.4 is 14.8 Å². The fraction of sp³-hybridized carbons (Fsp3) is 0.562. The molecule has 0 aromatic heterocycles. The van der Waals surface area contributed by atoms with Crippen LogP contribution in [0.15, 0.2) is 23.2 Å². The Morgan fingerprint density at radius 2 is 2.05 bits per heavy atom. The van der Waals surface area contributed by atoms with Gasteiger partial charge >= 0.3 is 0 Å². The fourth-order valence-corrected chi connectivity index (χ4v) is 4.47. The van der Waals surface area contributed by atoms with Crippen molar-refractivity contribution in [1.82, 2.24) is 5.32 Å². The minimum atomic E-state index is 0.330. The van der Waals surface area contributed by atoms with Crippen LogP contribution in [-0.4, -0.2) is 24.3 Å². The minimum absolute atomic E-state index is 0.330. The molecule has 0 bridgehead atoms. The lowest BCUT2D eigenvalue weighted by atomic mass is 9.89. The molecule has 3 aliphatic rings. The Morgan fingerprint density at radius 3 is 2.86 bits per heavy atom. The van der Waals surface area contributed by atoms with E-state index >= 15 is 0 Å². The average Bonchev–Trinajstić information content (AvgIpc) is 3.16. The lowest BCUT2D eigenvalue weighted by Gasteiger charge is -2.31. The second kappa shape index (κ2) is 5.44. The van der Waals surface area contributed by atoms with E-state index < -0.39 is 0 Å². The van der Waals surface area contributed by atoms with E-state index in [1.165, 1.54) is 37.0 Å². The van der Waals surface area contributed by atoms with Gasteiger partial charge in [0.1, 0.15) is 0 Å². The molecule has 2 heterocycles. The number of nitrogens with zero attached hydrogens (tertiary/aromatic N) is 1. The van der Waals surface area contributed by atoms with Crippen molar-refractivity contribution in [3.8, 4) is 11.5 Å². The number of rotatable bonds is 2. The Bertz CT molecular complexity index is 567. The topological polar surface area (TPSA) is 42.9 Å². The van der Waals surface area contributed by atoms with Gasteiger partial charge in [0.25, 0.3) is 0 Å². The second-order valence-corrected chi connectivity index (χ2v) is 7.12. The molecule has 4 rings (SSSR count). The third kappa shape index (κ3) is 2.71. The van der Waals surface area contributed by atoms with E-state index in [9.17, 15) is 0 Å². The standard InChI is InChI=1S/C16H20N2O2S/c1-2-6-16(5-1)9-18-15(21-10-16)17-8-12-3-4-13-14(7-12)20-11-19-13/h3-4,7H,1-2,5-6,8-11H2,(H,17,18). The summed E-state index contributed by atoms with van der Waals surface area (Å²) in [5, 5.41) is 4.54. The van der Waals surface area contributed by atoms with Crippen molar-refractivity contribution in [2.45, 2.75) is 32.2 Å². The van der Waals surface area contributed by atoms with Gasteiger partial charge in [-0.3, -0.25) is 4.99 Å². The Morgan fingerprint density at radius 1 is 1.19 bits per heavy atom. The molecule has 1 aromatic carbocycles. The summed E-state index contributed by atoms with van der Waals surface area (Å²) in [4.78, 5) is 4.76. The fourth-order valence-electron chi connectivity index (χ4n) is 3.32. The van der Waals surface area contributed by atoms with Gasteiger partial charge in [-0.05, 0) is 36.0 Å². The zero-order chi connectivity index (χ0) is 14.1. The van der Waals surface area contributed by atoms with Gasteiger partial charge in [-0.1, -0.05) is 30.7 Å². The van der Waals surface area contributed by atoms with E-state index in [2.05, 4.69) is 11.4 Å². The maximum Gasteiger partial charge on any atom is 0.231 e. The molecule has 0 amide bonds. The highest BCUT2D eigenvalue weighted by Gasteiger charge is 2.36. The van der Waals surface area contributed by atoms with Crippen LogP contribution in [0.4, 0.5) is 0 Å². The van der Waals surface area contributed by atoms with E-state index in [-0.39, 0.29) is 0 Å². The number of thioether (sulfide) groups is 1. The quantitative estimate of drug-likeness (QED) is 0.911. The third-order valence-electron chi connectivity index (χ3n) is 4.62. The van der Waals surface area contributed by atoms with Crippen molar-refractivity contribution in [2.24, 2.45) is 10.4 Å². The molecule has 4 nitrogen and oxygen atoms in total. The summed E-state index contributed by atoms with van der Waals surface area (Å²) < 4.78 is 10.7. The Labute approximate surface area is 129 Å². The van der Waals surface area contributed by atoms with Gasteiger partial charge in [0.05, 0.1) is 0 Å². The van der Waals surface area contributed by atoms with Gasteiger partial charge in [-0.15, -0.1) is 0 Å². The van der Waals surface area contributed by atoms with Crippen LogP contribution in [0.3, 0.4) is 0 Å². The number of hydrogen-bond acceptors (Lipinski definition) is 5. The van der Waals surface area contributed by atoms with Crippen LogP contribution in [-0.2, 0) is 6.54 Å². The largest absolute Gasteiger partial charge is 0.454 e. The van der Waals surface area contributed by atoms with Crippen LogP contribution in [0.2, 0.25) is 0 Å². The van der Waals surface area contributed by atoms with Crippen molar-refractivity contribution in [2.75, 3.05) is 19.1 Å². The number of aliphatic imine (C=N–C) groups is 1. The van der Waals surface area contributed by atoms with E-state index in [1.807, 2.05) is 23.9 Å². The van der Waals surface area contributed by atoms with Crippen molar-refractivity contribution in [1.29, 1.82) is 0 Å². The van der Waals surface area contributed by atoms with Crippen LogP contribution in [0.5, 0.6) is 11.5 Å². The van der Waals surface area contributed by atoms with E-state index in [0.29, 0.717) is 12.2 Å². The zero-order valence-corrected chi connectivity index (χ0v) is 12.9. The Balaban J connectivity index is 1.36. The maximum absolute atomic E-state index is 5.41. The molecule has 21 heavy (non-hydrogen) atoms. The first-order valence-corrected chi connectivity index (χ1v) is 8.61. The average molecular weight is 304 g/mol. The predicted molar refractivity (Wildman–Crippen MR) is 85.1 cm³/mol. The number of nitrogens with one attached hydrogen (secondary N) is 1. The van der Waals surface area contributed by atoms with Crippen LogP contribution >= 0.6 is 11.8 Å². The molecule has 0 saturated heterocycles. The molecule has 2 aliphatic heterocycles. The highest BCUT2D eigenvalue weighted by Crippen LogP contribution is 2.43. The minimum Gasteiger partial charge on any atom is -0.454 e. The highest BCUT2D eigenvalue weighted by molar-refractivity contribution is 8.13. The number of ether oxygens (including phenoxy) is 2. The molecule has 0 atom stereocenters. The van der Waals surface area contributed by atoms with E-state index in [0.717, 1.165) is 29.8 Å². The van der Waals surface area contributed by atoms with Crippen LogP contribution in [0.25, 0.3) is 0 Å². The summed E-state index contributed by atoms with van der Waals surface area (Å²) >= 11 is 1.89. The number of amidine groups is 1. The summed E-state index contributed by atoms with van der Waals surface area (Å²) in [5.41, 5.74) is 1.71. The van der Waals surface area contributed by atoms with Gasteiger partial charge in [0, 0.05) is 18.8 Å². The summed E-state index contributed by atoms with van der Waals surface area (Å²) in [6.45, 7) is 2.12. The van der Waals surface area contributed by atoms with Crippen molar-refractivity contribution in [3.63, 3.8) is 0 Å². The maximum atomic E-state index is 5.41. The number of hydrogen-bond donors (Lipinski definition) is 1. The number of fused-ring (bicyclic) bond motifs is 1. The molecular weight excluding hydrogens is 284 g/mol. The van der Waals surface area contributed by atoms with Crippen LogP contribution in [0.1, 0.15) is 31.2 Å². The summed E-state index contributed by atoms with van der Waals surface area (Å²) in [6.07, 6.45) is 5.49. The second-order valence-electron chi connectivity index (χ2n) is 6.16. The first kappa shape index (κ1) is 13.3. The summed E-state index contributed by atoms with van der Waals surface area (Å²) in [5.74, 6) is 2.91. The van der Waals surface area contributed by atoms with Crippen molar-refractivity contribution >= 4 is 16.9 Å². The lowest BCUT2D eigenvalue weighted by molar-refractivity contribution is 0.174.